The third-order valence-electron chi connectivity index (χ3n) is 3.60. The van der Waals surface area contributed by atoms with Gasteiger partial charge in [-0.1, -0.05) is 0 Å². The average molecular weight is 332 g/mol. The van der Waals surface area contributed by atoms with Gasteiger partial charge in [0.2, 0.25) is 0 Å². The van der Waals surface area contributed by atoms with Crippen LogP contribution in [0.25, 0.3) is 0 Å². The van der Waals surface area contributed by atoms with Crippen molar-refractivity contribution in [1.82, 2.24) is 9.78 Å². The molecule has 0 radical (unpaired) electrons. The minimum atomic E-state index is -0.251. The van der Waals surface area contributed by atoms with E-state index in [2.05, 4.69) is 26.3 Å². The van der Waals surface area contributed by atoms with Crippen LogP contribution >= 0.6 is 15.9 Å². The van der Waals surface area contributed by atoms with Crippen molar-refractivity contribution in [2.45, 2.75) is 31.4 Å². The summed E-state index contributed by atoms with van der Waals surface area (Å²) < 4.78 is 7.17. The zero-order chi connectivity index (χ0) is 13.9. The van der Waals surface area contributed by atoms with E-state index in [1.807, 2.05) is 0 Å². The summed E-state index contributed by atoms with van der Waals surface area (Å²) in [5.41, 5.74) is 0.293. The lowest BCUT2D eigenvalue weighted by atomic mass is 9.80. The number of nitrogens with zero attached hydrogens (tertiary/aromatic N) is 2. The smallest absolute Gasteiger partial charge is 0.283 e. The SMILES string of the molecule is COC1(CNc2cnn(CCO)c(=O)c2Br)CCC1. The lowest BCUT2D eigenvalue weighted by Crippen LogP contribution is -2.45. The summed E-state index contributed by atoms with van der Waals surface area (Å²) in [4.78, 5) is 11.9. The molecule has 0 unspecified atom stereocenters. The molecule has 0 saturated heterocycles. The van der Waals surface area contributed by atoms with E-state index in [9.17, 15) is 4.79 Å². The Bertz CT molecular complexity index is 494. The average Bonchev–Trinajstić information content (AvgIpc) is 2.37. The number of anilines is 1. The number of methoxy groups -OCH3 is 1. The summed E-state index contributed by atoms with van der Waals surface area (Å²) in [6.07, 6.45) is 4.82. The van der Waals surface area contributed by atoms with E-state index < -0.39 is 0 Å². The molecule has 0 amide bonds. The Morgan fingerprint density at radius 3 is 2.89 bits per heavy atom. The third-order valence-corrected chi connectivity index (χ3v) is 4.36. The molecule has 0 spiro atoms. The van der Waals surface area contributed by atoms with Crippen molar-refractivity contribution >= 4 is 21.6 Å². The van der Waals surface area contributed by atoms with Gasteiger partial charge in [0.1, 0.15) is 4.47 Å². The highest BCUT2D eigenvalue weighted by atomic mass is 79.9. The number of hydrogen-bond acceptors (Lipinski definition) is 5. The summed E-state index contributed by atoms with van der Waals surface area (Å²) in [7, 11) is 1.72. The first-order chi connectivity index (χ1) is 9.12. The van der Waals surface area contributed by atoms with Crippen molar-refractivity contribution < 1.29 is 9.84 Å². The van der Waals surface area contributed by atoms with E-state index in [1.165, 1.54) is 11.1 Å². The molecule has 7 heteroatoms. The molecule has 0 aromatic carbocycles. The molecule has 106 valence electrons. The fraction of sp³-hybridized carbons (Fsp3) is 0.667. The van der Waals surface area contributed by atoms with Crippen molar-refractivity contribution in [2.75, 3.05) is 25.6 Å². The van der Waals surface area contributed by atoms with Crippen LogP contribution in [0, 0.1) is 0 Å². The van der Waals surface area contributed by atoms with Gasteiger partial charge in [0.15, 0.2) is 0 Å². The maximum atomic E-state index is 11.9. The summed E-state index contributed by atoms with van der Waals surface area (Å²) in [6.45, 7) is 0.742. The van der Waals surface area contributed by atoms with Crippen molar-refractivity contribution in [3.05, 3.63) is 21.0 Å². The minimum absolute atomic E-state index is 0.112. The Balaban J connectivity index is 2.09. The lowest BCUT2D eigenvalue weighted by Gasteiger charge is -2.40. The number of aromatic nitrogens is 2. The van der Waals surface area contributed by atoms with Gasteiger partial charge in [0.25, 0.3) is 5.56 Å². The van der Waals surface area contributed by atoms with Crippen LogP contribution < -0.4 is 10.9 Å². The monoisotopic (exact) mass is 331 g/mol. The Kier molecular flexibility index (Phi) is 4.59. The van der Waals surface area contributed by atoms with Crippen molar-refractivity contribution in [2.24, 2.45) is 0 Å². The number of halogens is 1. The van der Waals surface area contributed by atoms with Gasteiger partial charge >= 0.3 is 0 Å². The summed E-state index contributed by atoms with van der Waals surface area (Å²) in [6, 6.07) is 0. The second-order valence-electron chi connectivity index (χ2n) is 4.72. The third kappa shape index (κ3) is 2.98. The van der Waals surface area contributed by atoms with Gasteiger partial charge in [0.05, 0.1) is 30.6 Å². The lowest BCUT2D eigenvalue weighted by molar-refractivity contribution is -0.0601. The zero-order valence-electron chi connectivity index (χ0n) is 10.9. The second-order valence-corrected chi connectivity index (χ2v) is 5.51. The van der Waals surface area contributed by atoms with Crippen molar-refractivity contribution in [1.29, 1.82) is 0 Å². The number of hydrogen-bond donors (Lipinski definition) is 2. The van der Waals surface area contributed by atoms with Crippen molar-refractivity contribution in [3.8, 4) is 0 Å². The molecule has 1 heterocycles. The molecule has 0 aliphatic heterocycles. The van der Waals surface area contributed by atoms with Crippen LogP contribution in [0.5, 0.6) is 0 Å². The molecule has 1 aliphatic carbocycles. The standard InChI is InChI=1S/C12H18BrN3O3/c1-19-12(3-2-4-12)8-14-9-7-15-16(5-6-17)11(18)10(9)13/h7,14,17H,2-6,8H2,1H3. The largest absolute Gasteiger partial charge is 0.394 e. The summed E-state index contributed by atoms with van der Waals surface area (Å²) >= 11 is 3.27. The predicted molar refractivity (Wildman–Crippen MR) is 75.4 cm³/mol. The molecular formula is C12H18BrN3O3. The highest BCUT2D eigenvalue weighted by molar-refractivity contribution is 9.10. The number of aliphatic hydroxyl groups is 1. The summed E-state index contributed by atoms with van der Waals surface area (Å²) in [5, 5.41) is 16.1. The van der Waals surface area contributed by atoms with Crippen LogP contribution in [-0.2, 0) is 11.3 Å². The van der Waals surface area contributed by atoms with Crippen molar-refractivity contribution in [3.63, 3.8) is 0 Å². The van der Waals surface area contributed by atoms with Gasteiger partial charge in [-0.15, -0.1) is 0 Å². The Labute approximate surface area is 119 Å². The van der Waals surface area contributed by atoms with Gasteiger partial charge < -0.3 is 15.2 Å². The Morgan fingerprint density at radius 2 is 2.37 bits per heavy atom. The van der Waals surface area contributed by atoms with E-state index in [4.69, 9.17) is 9.84 Å². The van der Waals surface area contributed by atoms with Crippen LogP contribution in [-0.4, -0.2) is 40.7 Å². The van der Waals surface area contributed by atoms with Crippen LogP contribution in [0.3, 0.4) is 0 Å². The van der Waals surface area contributed by atoms with Gasteiger partial charge in [-0.3, -0.25) is 4.79 Å². The van der Waals surface area contributed by atoms with Crippen LogP contribution in [0.1, 0.15) is 19.3 Å². The molecule has 1 aromatic heterocycles. The highest BCUT2D eigenvalue weighted by Crippen LogP contribution is 2.35. The molecule has 1 aliphatic rings. The number of nitrogens with one attached hydrogen (secondary N) is 1. The first-order valence-corrected chi connectivity index (χ1v) is 7.07. The zero-order valence-corrected chi connectivity index (χ0v) is 12.4. The molecule has 0 bridgehead atoms. The molecule has 1 fully saturated rings. The highest BCUT2D eigenvalue weighted by Gasteiger charge is 2.36. The minimum Gasteiger partial charge on any atom is -0.394 e. The Morgan fingerprint density at radius 1 is 1.63 bits per heavy atom. The second kappa shape index (κ2) is 6.02. The molecule has 2 N–H and O–H groups in total. The summed E-state index contributed by atoms with van der Waals surface area (Å²) in [5.74, 6) is 0. The Hall–Kier alpha value is -0.920. The number of aliphatic hydroxyl groups excluding tert-OH is 1. The van der Waals surface area contributed by atoms with Gasteiger partial charge in [-0.25, -0.2) is 4.68 Å². The van der Waals surface area contributed by atoms with E-state index >= 15 is 0 Å². The van der Waals surface area contributed by atoms with Crippen LogP contribution in [0.4, 0.5) is 5.69 Å². The fourth-order valence-electron chi connectivity index (χ4n) is 2.12. The van der Waals surface area contributed by atoms with E-state index in [0.717, 1.165) is 12.8 Å². The quantitative estimate of drug-likeness (QED) is 0.812. The molecule has 6 nitrogen and oxygen atoms in total. The normalized spacial score (nSPS) is 17.0. The maximum absolute atomic E-state index is 11.9. The van der Waals surface area contributed by atoms with Gasteiger partial charge in [-0.05, 0) is 35.2 Å². The van der Waals surface area contributed by atoms with E-state index in [0.29, 0.717) is 16.7 Å². The fourth-order valence-corrected chi connectivity index (χ4v) is 2.57. The van der Waals surface area contributed by atoms with Crippen LogP contribution in [0.2, 0.25) is 0 Å². The molecule has 1 aromatic rings. The predicted octanol–water partition coefficient (Wildman–Crippen LogP) is 0.979. The molecule has 19 heavy (non-hydrogen) atoms. The molecule has 0 atom stereocenters. The number of rotatable bonds is 6. The maximum Gasteiger partial charge on any atom is 0.283 e. The van der Waals surface area contributed by atoms with E-state index in [1.54, 1.807) is 13.3 Å². The van der Waals surface area contributed by atoms with Gasteiger partial charge in [-0.2, -0.15) is 5.10 Å². The van der Waals surface area contributed by atoms with Gasteiger partial charge in [0, 0.05) is 13.7 Å². The molecule has 2 rings (SSSR count). The number of ether oxygens (including phenoxy) is 1. The first kappa shape index (κ1) is 14.5. The molecular weight excluding hydrogens is 314 g/mol. The first-order valence-electron chi connectivity index (χ1n) is 6.27. The van der Waals surface area contributed by atoms with Crippen LogP contribution in [0.15, 0.2) is 15.5 Å². The molecule has 1 saturated carbocycles. The topological polar surface area (TPSA) is 76.4 Å². The van der Waals surface area contributed by atoms with E-state index in [-0.39, 0.29) is 24.3 Å².